The molecule has 0 amide bonds. The van der Waals surface area contributed by atoms with Crippen LogP contribution in [-0.4, -0.2) is 29.5 Å². The third kappa shape index (κ3) is 5.95. The Kier molecular flexibility index (Phi) is 6.71. The predicted octanol–water partition coefficient (Wildman–Crippen LogP) is 6.11. The number of likely N-dealkylation sites (tertiary alicyclic amines) is 1. The van der Waals surface area contributed by atoms with Crippen molar-refractivity contribution in [2.45, 2.75) is 37.8 Å². The summed E-state index contributed by atoms with van der Waals surface area (Å²) in [5.41, 5.74) is 3.42. The van der Waals surface area contributed by atoms with Gasteiger partial charge in [-0.3, -0.25) is 4.98 Å². The molecule has 2 nitrogen and oxygen atoms in total. The van der Waals surface area contributed by atoms with Gasteiger partial charge < -0.3 is 4.90 Å². The Labute approximate surface area is 181 Å². The maximum Gasteiger partial charge on any atom is 0.416 e. The van der Waals surface area contributed by atoms with Gasteiger partial charge in [0.05, 0.1) is 5.56 Å². The Morgan fingerprint density at radius 3 is 2.45 bits per heavy atom. The van der Waals surface area contributed by atoms with Crippen molar-refractivity contribution in [3.05, 3.63) is 101 Å². The Bertz CT molecular complexity index is 968. The number of aromatic nitrogens is 1. The average molecular weight is 425 g/mol. The molecule has 0 N–H and O–H groups in total. The minimum atomic E-state index is -4.31. The molecule has 2 heterocycles. The van der Waals surface area contributed by atoms with Crippen LogP contribution in [0.2, 0.25) is 0 Å². The van der Waals surface area contributed by atoms with E-state index in [9.17, 15) is 13.2 Å². The van der Waals surface area contributed by atoms with Crippen molar-refractivity contribution in [3.8, 4) is 0 Å². The summed E-state index contributed by atoms with van der Waals surface area (Å²) in [6, 6.07) is 20.1. The molecule has 2 aromatic carbocycles. The molecule has 1 aromatic heterocycles. The van der Waals surface area contributed by atoms with Gasteiger partial charge in [-0.15, -0.1) is 0 Å². The highest BCUT2D eigenvalue weighted by Crippen LogP contribution is 2.30. The van der Waals surface area contributed by atoms with Crippen LogP contribution in [0.5, 0.6) is 0 Å². The summed E-state index contributed by atoms with van der Waals surface area (Å²) in [6.07, 6.45) is 1.29. The summed E-state index contributed by atoms with van der Waals surface area (Å²) >= 11 is 0. The summed E-state index contributed by atoms with van der Waals surface area (Å²) in [6.45, 7) is 3.18. The van der Waals surface area contributed by atoms with E-state index >= 15 is 0 Å². The van der Waals surface area contributed by atoms with Crippen molar-refractivity contribution >= 4 is 0 Å². The molecule has 1 atom stereocenters. The van der Waals surface area contributed by atoms with Crippen LogP contribution in [-0.2, 0) is 19.0 Å². The van der Waals surface area contributed by atoms with E-state index in [4.69, 9.17) is 0 Å². The number of hydrogen-bond donors (Lipinski definition) is 0. The van der Waals surface area contributed by atoms with Gasteiger partial charge in [0.15, 0.2) is 0 Å². The second-order valence-electron chi connectivity index (χ2n) is 8.34. The molecule has 0 spiro atoms. The Morgan fingerprint density at radius 1 is 0.903 bits per heavy atom. The van der Waals surface area contributed by atoms with Crippen LogP contribution in [0.3, 0.4) is 0 Å². The van der Waals surface area contributed by atoms with Crippen LogP contribution in [0.1, 0.15) is 46.7 Å². The zero-order valence-corrected chi connectivity index (χ0v) is 17.5. The number of piperidine rings is 1. The maximum atomic E-state index is 12.9. The lowest BCUT2D eigenvalue weighted by molar-refractivity contribution is -0.137. The lowest BCUT2D eigenvalue weighted by Gasteiger charge is -2.32. The quantitative estimate of drug-likeness (QED) is 0.474. The molecule has 4 rings (SSSR count). The summed E-state index contributed by atoms with van der Waals surface area (Å²) in [5.74, 6) is 0.409. The number of alkyl halides is 3. The Hall–Kier alpha value is -2.66. The molecule has 0 saturated carbocycles. The number of benzene rings is 2. The van der Waals surface area contributed by atoms with Crippen LogP contribution >= 0.6 is 0 Å². The smallest absolute Gasteiger partial charge is 0.302 e. The maximum absolute atomic E-state index is 12.9. The standard InChI is InChI=1S/C26H27F3N2/c27-26(28,29)24-10-4-8-21(17-24)16-22-11-12-25(30-18-22)23-9-5-14-31(19-23)15-13-20-6-2-1-3-7-20/h1-4,6-8,10-12,17-18,23H,5,9,13-16,19H2/t23-/m1/s1. The van der Waals surface area contributed by atoms with Crippen molar-refractivity contribution in [3.63, 3.8) is 0 Å². The van der Waals surface area contributed by atoms with Gasteiger partial charge in [-0.05, 0) is 61.1 Å². The fourth-order valence-corrected chi connectivity index (χ4v) is 4.31. The van der Waals surface area contributed by atoms with Gasteiger partial charge in [0, 0.05) is 30.9 Å². The highest BCUT2D eigenvalue weighted by atomic mass is 19.4. The Balaban J connectivity index is 1.35. The third-order valence-corrected chi connectivity index (χ3v) is 5.99. The van der Waals surface area contributed by atoms with E-state index in [1.54, 1.807) is 6.07 Å². The molecule has 0 aliphatic carbocycles. The van der Waals surface area contributed by atoms with Crippen molar-refractivity contribution < 1.29 is 13.2 Å². The van der Waals surface area contributed by atoms with Crippen molar-refractivity contribution in [1.29, 1.82) is 0 Å². The van der Waals surface area contributed by atoms with Crippen molar-refractivity contribution in [1.82, 2.24) is 9.88 Å². The molecule has 1 aliphatic heterocycles. The van der Waals surface area contributed by atoms with E-state index in [0.717, 1.165) is 56.2 Å². The van der Waals surface area contributed by atoms with Crippen molar-refractivity contribution in [2.24, 2.45) is 0 Å². The van der Waals surface area contributed by atoms with Crippen LogP contribution in [0.25, 0.3) is 0 Å². The van der Waals surface area contributed by atoms with Gasteiger partial charge in [-0.25, -0.2) is 0 Å². The van der Waals surface area contributed by atoms with Gasteiger partial charge in [0.2, 0.25) is 0 Å². The van der Waals surface area contributed by atoms with Crippen molar-refractivity contribution in [2.75, 3.05) is 19.6 Å². The van der Waals surface area contributed by atoms with E-state index in [1.807, 2.05) is 24.4 Å². The normalized spacial score (nSPS) is 17.6. The molecular weight excluding hydrogens is 397 g/mol. The van der Waals surface area contributed by atoms with Gasteiger partial charge in [0.25, 0.3) is 0 Å². The number of halogens is 3. The first-order valence-corrected chi connectivity index (χ1v) is 10.8. The first-order valence-electron chi connectivity index (χ1n) is 10.8. The monoisotopic (exact) mass is 424 g/mol. The average Bonchev–Trinajstić information content (AvgIpc) is 2.79. The van der Waals surface area contributed by atoms with E-state index < -0.39 is 11.7 Å². The molecule has 1 aliphatic rings. The minimum Gasteiger partial charge on any atom is -0.302 e. The van der Waals surface area contributed by atoms with Gasteiger partial charge in [-0.2, -0.15) is 13.2 Å². The highest BCUT2D eigenvalue weighted by Gasteiger charge is 2.30. The molecule has 162 valence electrons. The zero-order valence-electron chi connectivity index (χ0n) is 17.5. The first kappa shape index (κ1) is 21.6. The van der Waals surface area contributed by atoms with E-state index in [2.05, 4.69) is 34.1 Å². The lowest BCUT2D eigenvalue weighted by atomic mass is 9.93. The van der Waals surface area contributed by atoms with E-state index in [-0.39, 0.29) is 0 Å². The highest BCUT2D eigenvalue weighted by molar-refractivity contribution is 5.30. The van der Waals surface area contributed by atoms with Gasteiger partial charge >= 0.3 is 6.18 Å². The SMILES string of the molecule is FC(F)(F)c1cccc(Cc2ccc([C@@H]3CCCN(CCc4ccccc4)C3)nc2)c1. The van der Waals surface area contributed by atoms with E-state index in [0.29, 0.717) is 17.9 Å². The van der Waals surface area contributed by atoms with Crippen LogP contribution in [0.15, 0.2) is 72.9 Å². The number of nitrogens with zero attached hydrogens (tertiary/aromatic N) is 2. The topological polar surface area (TPSA) is 16.1 Å². The second-order valence-corrected chi connectivity index (χ2v) is 8.34. The summed E-state index contributed by atoms with van der Waals surface area (Å²) in [4.78, 5) is 7.19. The molecule has 31 heavy (non-hydrogen) atoms. The van der Waals surface area contributed by atoms with Gasteiger partial charge in [0.1, 0.15) is 0 Å². The molecule has 3 aromatic rings. The van der Waals surface area contributed by atoms with Gasteiger partial charge in [-0.1, -0.05) is 54.6 Å². The summed E-state index contributed by atoms with van der Waals surface area (Å²) < 4.78 is 38.8. The van der Waals surface area contributed by atoms with Crippen LogP contribution < -0.4 is 0 Å². The molecule has 0 radical (unpaired) electrons. The van der Waals surface area contributed by atoms with E-state index in [1.165, 1.54) is 17.7 Å². The molecule has 1 saturated heterocycles. The third-order valence-electron chi connectivity index (χ3n) is 5.99. The Morgan fingerprint density at radius 2 is 1.71 bits per heavy atom. The molecule has 5 heteroatoms. The number of rotatable bonds is 6. The zero-order chi connectivity index (χ0) is 21.7. The molecule has 0 unspecified atom stereocenters. The minimum absolute atomic E-state index is 0.409. The van der Waals surface area contributed by atoms with Crippen LogP contribution in [0, 0.1) is 0 Å². The first-order chi connectivity index (χ1) is 15.0. The predicted molar refractivity (Wildman–Crippen MR) is 117 cm³/mol. The molecular formula is C26H27F3N2. The number of hydrogen-bond acceptors (Lipinski definition) is 2. The van der Waals surface area contributed by atoms with Crippen LogP contribution in [0.4, 0.5) is 13.2 Å². The fourth-order valence-electron chi connectivity index (χ4n) is 4.31. The molecule has 1 fully saturated rings. The summed E-state index contributed by atoms with van der Waals surface area (Å²) in [5, 5.41) is 0. The second kappa shape index (κ2) is 9.65. The largest absolute Gasteiger partial charge is 0.416 e. The summed E-state index contributed by atoms with van der Waals surface area (Å²) in [7, 11) is 0. The fraction of sp³-hybridized carbons (Fsp3) is 0.346. The lowest BCUT2D eigenvalue weighted by Crippen LogP contribution is -2.36. The number of pyridine rings is 1. The molecule has 0 bridgehead atoms.